The third kappa shape index (κ3) is 2.55. The summed E-state index contributed by atoms with van der Waals surface area (Å²) in [6.45, 7) is 3.27. The Labute approximate surface area is 87.7 Å². The fraction of sp³-hybridized carbons (Fsp3) is 0.455. The van der Waals surface area contributed by atoms with Crippen LogP contribution in [-0.4, -0.2) is 5.54 Å². The zero-order valence-electron chi connectivity index (χ0n) is 7.81. The van der Waals surface area contributed by atoms with Crippen molar-refractivity contribution >= 4 is 15.9 Å². The first kappa shape index (κ1) is 9.22. The minimum atomic E-state index is 0.438. The van der Waals surface area contributed by atoms with Crippen molar-refractivity contribution in [3.63, 3.8) is 0 Å². The Morgan fingerprint density at radius 2 is 1.92 bits per heavy atom. The second kappa shape index (κ2) is 3.43. The summed E-state index contributed by atoms with van der Waals surface area (Å²) in [7, 11) is 0. The first-order chi connectivity index (χ1) is 6.18. The predicted molar refractivity (Wildman–Crippen MR) is 58.6 cm³/mol. The molecule has 0 bridgehead atoms. The lowest BCUT2D eigenvalue weighted by Gasteiger charge is -2.10. The van der Waals surface area contributed by atoms with E-state index in [0.29, 0.717) is 5.54 Å². The Bertz CT molecular complexity index is 287. The molecule has 1 aliphatic carbocycles. The molecule has 1 aromatic rings. The molecule has 1 fully saturated rings. The largest absolute Gasteiger partial charge is 0.307 e. The number of nitrogens with one attached hydrogen (secondary N) is 1. The van der Waals surface area contributed by atoms with E-state index >= 15 is 0 Å². The van der Waals surface area contributed by atoms with Gasteiger partial charge < -0.3 is 5.32 Å². The van der Waals surface area contributed by atoms with Crippen LogP contribution >= 0.6 is 15.9 Å². The number of halogens is 1. The van der Waals surface area contributed by atoms with Crippen molar-refractivity contribution in [2.24, 2.45) is 0 Å². The van der Waals surface area contributed by atoms with Crippen LogP contribution in [0.5, 0.6) is 0 Å². The average molecular weight is 240 g/mol. The molecule has 0 heterocycles. The molecule has 0 spiro atoms. The van der Waals surface area contributed by atoms with Gasteiger partial charge in [-0.1, -0.05) is 28.1 Å². The normalized spacial score (nSPS) is 18.6. The maximum absolute atomic E-state index is 3.55. The maximum Gasteiger partial charge on any atom is 0.0210 e. The summed E-state index contributed by atoms with van der Waals surface area (Å²) < 4.78 is 1.15. The molecule has 0 saturated heterocycles. The van der Waals surface area contributed by atoms with Crippen LogP contribution in [0.25, 0.3) is 0 Å². The highest BCUT2D eigenvalue weighted by Crippen LogP contribution is 2.34. The summed E-state index contributed by atoms with van der Waals surface area (Å²) in [5, 5.41) is 3.55. The van der Waals surface area contributed by atoms with E-state index in [2.05, 4.69) is 52.4 Å². The summed E-state index contributed by atoms with van der Waals surface area (Å²) in [4.78, 5) is 0. The summed E-state index contributed by atoms with van der Waals surface area (Å²) in [5.41, 5.74) is 1.80. The molecule has 1 aromatic carbocycles. The van der Waals surface area contributed by atoms with Crippen LogP contribution in [0, 0.1) is 0 Å². The van der Waals surface area contributed by atoms with Crippen LogP contribution in [0.3, 0.4) is 0 Å². The summed E-state index contributed by atoms with van der Waals surface area (Å²) in [5.74, 6) is 0. The van der Waals surface area contributed by atoms with Crippen LogP contribution in [-0.2, 0) is 6.54 Å². The zero-order chi connectivity index (χ0) is 9.31. The molecular formula is C11H14BrN. The van der Waals surface area contributed by atoms with Gasteiger partial charge >= 0.3 is 0 Å². The molecule has 0 atom stereocenters. The minimum absolute atomic E-state index is 0.438. The van der Waals surface area contributed by atoms with E-state index in [4.69, 9.17) is 0 Å². The van der Waals surface area contributed by atoms with Gasteiger partial charge in [0.15, 0.2) is 0 Å². The molecule has 0 radical (unpaired) electrons. The molecule has 0 aromatic heterocycles. The van der Waals surface area contributed by atoms with Crippen molar-refractivity contribution in [1.82, 2.24) is 5.32 Å². The van der Waals surface area contributed by atoms with Gasteiger partial charge in [0.2, 0.25) is 0 Å². The van der Waals surface area contributed by atoms with Gasteiger partial charge in [-0.05, 0) is 37.5 Å². The number of hydrogen-bond acceptors (Lipinski definition) is 1. The minimum Gasteiger partial charge on any atom is -0.307 e. The standard InChI is InChI=1S/C11H14BrN/c1-11(6-7-11)13-8-9-2-4-10(12)5-3-9/h2-5,13H,6-8H2,1H3. The van der Waals surface area contributed by atoms with Gasteiger partial charge in [-0.2, -0.15) is 0 Å². The van der Waals surface area contributed by atoms with Gasteiger partial charge in [0.1, 0.15) is 0 Å². The van der Waals surface area contributed by atoms with Gasteiger partial charge in [-0.3, -0.25) is 0 Å². The lowest BCUT2D eigenvalue weighted by molar-refractivity contribution is 0.538. The summed E-state index contributed by atoms with van der Waals surface area (Å²) in [6.07, 6.45) is 2.65. The van der Waals surface area contributed by atoms with Crippen LogP contribution in [0.1, 0.15) is 25.3 Å². The maximum atomic E-state index is 3.55. The van der Waals surface area contributed by atoms with Gasteiger partial charge in [0, 0.05) is 16.6 Å². The molecule has 0 aliphatic heterocycles. The SMILES string of the molecule is CC1(NCc2ccc(Br)cc2)CC1. The van der Waals surface area contributed by atoms with Crippen molar-refractivity contribution < 1.29 is 0 Å². The van der Waals surface area contributed by atoms with Crippen molar-refractivity contribution in [3.05, 3.63) is 34.3 Å². The molecule has 1 N–H and O–H groups in total. The van der Waals surface area contributed by atoms with Gasteiger partial charge in [-0.25, -0.2) is 0 Å². The lowest BCUT2D eigenvalue weighted by atomic mass is 10.2. The first-order valence-electron chi connectivity index (χ1n) is 4.67. The molecule has 2 rings (SSSR count). The highest BCUT2D eigenvalue weighted by Gasteiger charge is 2.36. The van der Waals surface area contributed by atoms with E-state index < -0.39 is 0 Å². The molecule has 1 nitrogen and oxygen atoms in total. The first-order valence-corrected chi connectivity index (χ1v) is 5.47. The highest BCUT2D eigenvalue weighted by atomic mass is 79.9. The van der Waals surface area contributed by atoms with Gasteiger partial charge in [0.25, 0.3) is 0 Å². The average Bonchev–Trinajstić information content (AvgIpc) is 2.84. The third-order valence-electron chi connectivity index (χ3n) is 2.63. The zero-order valence-corrected chi connectivity index (χ0v) is 9.39. The Morgan fingerprint density at radius 3 is 2.46 bits per heavy atom. The molecule has 1 saturated carbocycles. The monoisotopic (exact) mass is 239 g/mol. The molecule has 13 heavy (non-hydrogen) atoms. The summed E-state index contributed by atoms with van der Waals surface area (Å²) >= 11 is 3.43. The van der Waals surface area contributed by atoms with Gasteiger partial charge in [-0.15, -0.1) is 0 Å². The number of rotatable bonds is 3. The van der Waals surface area contributed by atoms with E-state index in [-0.39, 0.29) is 0 Å². The fourth-order valence-corrected chi connectivity index (χ4v) is 1.55. The van der Waals surface area contributed by atoms with E-state index in [1.165, 1.54) is 18.4 Å². The van der Waals surface area contributed by atoms with Crippen LogP contribution in [0.4, 0.5) is 0 Å². The van der Waals surface area contributed by atoms with Crippen molar-refractivity contribution in [2.75, 3.05) is 0 Å². The third-order valence-corrected chi connectivity index (χ3v) is 3.16. The molecule has 2 heteroatoms. The quantitative estimate of drug-likeness (QED) is 0.856. The Kier molecular flexibility index (Phi) is 2.43. The summed E-state index contributed by atoms with van der Waals surface area (Å²) in [6, 6.07) is 8.49. The molecule has 0 amide bonds. The van der Waals surface area contributed by atoms with Gasteiger partial charge in [0.05, 0.1) is 0 Å². The lowest BCUT2D eigenvalue weighted by Crippen LogP contribution is -2.26. The topological polar surface area (TPSA) is 12.0 Å². The molecule has 70 valence electrons. The second-order valence-corrected chi connectivity index (χ2v) is 4.96. The molecule has 1 aliphatic rings. The van der Waals surface area contributed by atoms with E-state index in [1.807, 2.05) is 0 Å². The van der Waals surface area contributed by atoms with E-state index in [1.54, 1.807) is 0 Å². The predicted octanol–water partition coefficient (Wildman–Crippen LogP) is 3.09. The fourth-order valence-electron chi connectivity index (χ4n) is 1.28. The Balaban J connectivity index is 1.91. The number of benzene rings is 1. The Hall–Kier alpha value is -0.340. The molecular weight excluding hydrogens is 226 g/mol. The van der Waals surface area contributed by atoms with Crippen molar-refractivity contribution in [3.8, 4) is 0 Å². The van der Waals surface area contributed by atoms with Crippen molar-refractivity contribution in [2.45, 2.75) is 31.8 Å². The second-order valence-electron chi connectivity index (χ2n) is 4.04. The smallest absolute Gasteiger partial charge is 0.0210 e. The van der Waals surface area contributed by atoms with Crippen LogP contribution < -0.4 is 5.32 Å². The van der Waals surface area contributed by atoms with Crippen molar-refractivity contribution in [1.29, 1.82) is 0 Å². The van der Waals surface area contributed by atoms with Crippen LogP contribution in [0.15, 0.2) is 28.7 Å². The van der Waals surface area contributed by atoms with E-state index in [9.17, 15) is 0 Å². The highest BCUT2D eigenvalue weighted by molar-refractivity contribution is 9.10. The Morgan fingerprint density at radius 1 is 1.31 bits per heavy atom. The van der Waals surface area contributed by atoms with Crippen LogP contribution in [0.2, 0.25) is 0 Å². The molecule has 0 unspecified atom stereocenters. The number of hydrogen-bond donors (Lipinski definition) is 1. The van der Waals surface area contributed by atoms with E-state index in [0.717, 1.165) is 11.0 Å².